The molecule has 2 amide bonds. The van der Waals surface area contributed by atoms with Crippen LogP contribution in [0.2, 0.25) is 0 Å². The van der Waals surface area contributed by atoms with E-state index in [1.165, 1.54) is 17.7 Å². The standard InChI is InChI=1S/C21H27FN2O2/c1-14(2)6-4-9-20(26)23-11-17-12-24(15(3)25)21(19(17)13-23)16-7-5-8-18(22)10-16/h5-8,10,17,19,21H,4,9,11-13H2,1-3H3/t17-,19-,21-/m1/s1. The molecule has 2 aliphatic rings. The van der Waals surface area contributed by atoms with Crippen LogP contribution in [0, 0.1) is 17.7 Å². The number of carbonyl (C=O) groups excluding carboxylic acids is 2. The number of nitrogens with zero attached hydrogens (tertiary/aromatic N) is 2. The molecule has 26 heavy (non-hydrogen) atoms. The Labute approximate surface area is 154 Å². The number of hydrogen-bond acceptors (Lipinski definition) is 2. The second-order valence-corrected chi connectivity index (χ2v) is 7.71. The van der Waals surface area contributed by atoms with Crippen LogP contribution >= 0.6 is 0 Å². The van der Waals surface area contributed by atoms with Crippen LogP contribution in [-0.2, 0) is 9.59 Å². The zero-order valence-electron chi connectivity index (χ0n) is 15.7. The van der Waals surface area contributed by atoms with E-state index in [0.29, 0.717) is 26.1 Å². The van der Waals surface area contributed by atoms with Crippen LogP contribution in [0.5, 0.6) is 0 Å². The van der Waals surface area contributed by atoms with Crippen molar-refractivity contribution in [3.8, 4) is 0 Å². The van der Waals surface area contributed by atoms with Crippen molar-refractivity contribution < 1.29 is 14.0 Å². The van der Waals surface area contributed by atoms with Gasteiger partial charge in [0.05, 0.1) is 6.04 Å². The number of benzene rings is 1. The highest BCUT2D eigenvalue weighted by atomic mass is 19.1. The molecule has 0 saturated carbocycles. The summed E-state index contributed by atoms with van der Waals surface area (Å²) >= 11 is 0. The van der Waals surface area contributed by atoms with E-state index in [1.54, 1.807) is 13.0 Å². The van der Waals surface area contributed by atoms with Gasteiger partial charge in [0.1, 0.15) is 5.82 Å². The lowest BCUT2D eigenvalue weighted by Gasteiger charge is -2.29. The average molecular weight is 358 g/mol. The highest BCUT2D eigenvalue weighted by Gasteiger charge is 2.49. The molecule has 1 aromatic carbocycles. The Kier molecular flexibility index (Phi) is 5.44. The van der Waals surface area contributed by atoms with E-state index < -0.39 is 0 Å². The number of hydrogen-bond donors (Lipinski definition) is 0. The normalized spacial score (nSPS) is 24.5. The summed E-state index contributed by atoms with van der Waals surface area (Å²) in [4.78, 5) is 28.4. The number of halogens is 1. The topological polar surface area (TPSA) is 40.6 Å². The first kappa shape index (κ1) is 18.6. The molecule has 0 unspecified atom stereocenters. The van der Waals surface area contributed by atoms with Gasteiger partial charge in [-0.05, 0) is 38.0 Å². The second kappa shape index (κ2) is 7.60. The van der Waals surface area contributed by atoms with Gasteiger partial charge in [-0.1, -0.05) is 23.8 Å². The van der Waals surface area contributed by atoms with Gasteiger partial charge in [0.15, 0.2) is 0 Å². The van der Waals surface area contributed by atoms with Gasteiger partial charge in [-0.25, -0.2) is 4.39 Å². The SMILES string of the molecule is CC(=O)N1C[C@H]2CN(C(=O)CCC=C(C)C)C[C@H]2[C@H]1c1cccc(F)c1. The third-order valence-electron chi connectivity index (χ3n) is 5.52. The van der Waals surface area contributed by atoms with Gasteiger partial charge in [0, 0.05) is 44.8 Å². The minimum Gasteiger partial charge on any atom is -0.342 e. The lowest BCUT2D eigenvalue weighted by Crippen LogP contribution is -2.36. The summed E-state index contributed by atoms with van der Waals surface area (Å²) in [5.74, 6) is 0.328. The second-order valence-electron chi connectivity index (χ2n) is 7.71. The van der Waals surface area contributed by atoms with Gasteiger partial charge in [-0.2, -0.15) is 0 Å². The Morgan fingerprint density at radius 1 is 1.19 bits per heavy atom. The van der Waals surface area contributed by atoms with Gasteiger partial charge in [0.25, 0.3) is 0 Å². The van der Waals surface area contributed by atoms with Crippen LogP contribution in [0.15, 0.2) is 35.9 Å². The molecule has 2 aliphatic heterocycles. The fraction of sp³-hybridized carbons (Fsp3) is 0.524. The predicted molar refractivity (Wildman–Crippen MR) is 98.8 cm³/mol. The van der Waals surface area contributed by atoms with E-state index in [4.69, 9.17) is 0 Å². The Balaban J connectivity index is 1.75. The number of fused-ring (bicyclic) bond motifs is 1. The quantitative estimate of drug-likeness (QED) is 0.773. The molecule has 140 valence electrons. The van der Waals surface area contributed by atoms with Crippen molar-refractivity contribution in [3.63, 3.8) is 0 Å². The van der Waals surface area contributed by atoms with Crippen LogP contribution in [0.1, 0.15) is 45.2 Å². The van der Waals surface area contributed by atoms with E-state index in [1.807, 2.05) is 29.7 Å². The van der Waals surface area contributed by atoms with Crippen molar-refractivity contribution in [2.45, 2.75) is 39.7 Å². The first-order valence-electron chi connectivity index (χ1n) is 9.30. The highest BCUT2D eigenvalue weighted by molar-refractivity contribution is 5.77. The Hall–Kier alpha value is -2.17. The van der Waals surface area contributed by atoms with Crippen LogP contribution in [0.3, 0.4) is 0 Å². The van der Waals surface area contributed by atoms with Crippen LogP contribution in [-0.4, -0.2) is 41.2 Å². The minimum atomic E-state index is -0.290. The molecule has 0 N–H and O–H groups in total. The minimum absolute atomic E-state index is 0.00935. The van der Waals surface area contributed by atoms with Crippen molar-refractivity contribution in [1.82, 2.24) is 9.80 Å². The third-order valence-corrected chi connectivity index (χ3v) is 5.52. The lowest BCUT2D eigenvalue weighted by atomic mass is 9.89. The molecule has 0 bridgehead atoms. The molecule has 3 atom stereocenters. The first-order chi connectivity index (χ1) is 12.4. The summed E-state index contributed by atoms with van der Waals surface area (Å²) in [6.07, 6.45) is 3.37. The molecular formula is C21H27FN2O2. The van der Waals surface area contributed by atoms with Crippen LogP contribution in [0.25, 0.3) is 0 Å². The lowest BCUT2D eigenvalue weighted by molar-refractivity contribution is -0.131. The molecular weight excluding hydrogens is 331 g/mol. The maximum absolute atomic E-state index is 13.7. The maximum atomic E-state index is 13.7. The Morgan fingerprint density at radius 2 is 1.96 bits per heavy atom. The van der Waals surface area contributed by atoms with Crippen LogP contribution < -0.4 is 0 Å². The summed E-state index contributed by atoms with van der Waals surface area (Å²) in [7, 11) is 0. The van der Waals surface area contributed by atoms with Crippen molar-refractivity contribution in [3.05, 3.63) is 47.3 Å². The molecule has 2 saturated heterocycles. The molecule has 2 heterocycles. The van der Waals surface area contributed by atoms with E-state index >= 15 is 0 Å². The number of allylic oxidation sites excluding steroid dienone is 2. The number of carbonyl (C=O) groups is 2. The van der Waals surface area contributed by atoms with E-state index in [-0.39, 0.29) is 35.5 Å². The molecule has 4 nitrogen and oxygen atoms in total. The van der Waals surface area contributed by atoms with Gasteiger partial charge in [0.2, 0.25) is 11.8 Å². The van der Waals surface area contributed by atoms with Crippen LogP contribution in [0.4, 0.5) is 4.39 Å². The predicted octanol–water partition coefficient (Wildman–Crippen LogP) is 3.55. The van der Waals surface area contributed by atoms with Gasteiger partial charge >= 0.3 is 0 Å². The fourth-order valence-electron chi connectivity index (χ4n) is 4.33. The summed E-state index contributed by atoms with van der Waals surface area (Å²) in [6, 6.07) is 6.35. The summed E-state index contributed by atoms with van der Waals surface area (Å²) in [5.41, 5.74) is 2.05. The van der Waals surface area contributed by atoms with Crippen molar-refractivity contribution >= 4 is 11.8 Å². The van der Waals surface area contributed by atoms with Crippen molar-refractivity contribution in [2.75, 3.05) is 19.6 Å². The van der Waals surface area contributed by atoms with E-state index in [0.717, 1.165) is 12.0 Å². The molecule has 0 aliphatic carbocycles. The summed E-state index contributed by atoms with van der Waals surface area (Å²) in [5, 5.41) is 0. The van der Waals surface area contributed by atoms with Crippen molar-refractivity contribution in [1.29, 1.82) is 0 Å². The maximum Gasteiger partial charge on any atom is 0.222 e. The Morgan fingerprint density at radius 3 is 2.62 bits per heavy atom. The van der Waals surface area contributed by atoms with Crippen molar-refractivity contribution in [2.24, 2.45) is 11.8 Å². The number of amides is 2. The molecule has 5 heteroatoms. The van der Waals surface area contributed by atoms with Gasteiger partial charge < -0.3 is 9.80 Å². The monoisotopic (exact) mass is 358 g/mol. The van der Waals surface area contributed by atoms with Gasteiger partial charge in [-0.15, -0.1) is 0 Å². The highest BCUT2D eigenvalue weighted by Crippen LogP contribution is 2.45. The summed E-state index contributed by atoms with van der Waals surface area (Å²) < 4.78 is 13.7. The molecule has 3 rings (SSSR count). The third kappa shape index (κ3) is 3.81. The molecule has 0 radical (unpaired) electrons. The molecule has 0 spiro atoms. The van der Waals surface area contributed by atoms with E-state index in [9.17, 15) is 14.0 Å². The largest absolute Gasteiger partial charge is 0.342 e. The average Bonchev–Trinajstić information content (AvgIpc) is 3.11. The number of rotatable bonds is 4. The first-order valence-corrected chi connectivity index (χ1v) is 9.30. The Bertz CT molecular complexity index is 726. The number of likely N-dealkylation sites (tertiary alicyclic amines) is 2. The fourth-order valence-corrected chi connectivity index (χ4v) is 4.33. The zero-order chi connectivity index (χ0) is 18.8. The van der Waals surface area contributed by atoms with E-state index in [2.05, 4.69) is 6.08 Å². The zero-order valence-corrected chi connectivity index (χ0v) is 15.7. The molecule has 1 aromatic rings. The molecule has 0 aromatic heterocycles. The molecule has 2 fully saturated rings. The summed E-state index contributed by atoms with van der Waals surface area (Å²) in [6.45, 7) is 7.60. The smallest absolute Gasteiger partial charge is 0.222 e. The van der Waals surface area contributed by atoms with Gasteiger partial charge in [-0.3, -0.25) is 9.59 Å².